The lowest BCUT2D eigenvalue weighted by molar-refractivity contribution is -0.274. The standard InChI is InChI=1S/C29H28F4O/c1-2-20-3-5-21(6-4-20)7-8-23-12-18-27-25(19-23)15-14-24(28(27)30)13-9-22-10-16-26(17-11-22)34-29(31,32)33/h10-12,14-21H,2-8H2,1H3. The smallest absolute Gasteiger partial charge is 0.406 e. The number of ether oxygens (including phenoxy) is 1. The average Bonchev–Trinajstić information content (AvgIpc) is 2.82. The second-order valence-electron chi connectivity index (χ2n) is 9.14. The molecule has 1 aliphatic carbocycles. The van der Waals surface area contributed by atoms with Gasteiger partial charge < -0.3 is 4.74 Å². The first-order valence-corrected chi connectivity index (χ1v) is 11.9. The molecule has 0 unspecified atom stereocenters. The van der Waals surface area contributed by atoms with Gasteiger partial charge >= 0.3 is 6.36 Å². The van der Waals surface area contributed by atoms with Crippen molar-refractivity contribution in [2.45, 2.75) is 58.2 Å². The van der Waals surface area contributed by atoms with Crippen molar-refractivity contribution >= 4 is 10.8 Å². The van der Waals surface area contributed by atoms with E-state index < -0.39 is 6.36 Å². The monoisotopic (exact) mass is 468 g/mol. The zero-order chi connectivity index (χ0) is 24.1. The summed E-state index contributed by atoms with van der Waals surface area (Å²) in [6.45, 7) is 2.28. The van der Waals surface area contributed by atoms with Crippen molar-refractivity contribution in [2.24, 2.45) is 11.8 Å². The number of benzene rings is 3. The Morgan fingerprint density at radius 3 is 2.26 bits per heavy atom. The van der Waals surface area contributed by atoms with Gasteiger partial charge in [-0.25, -0.2) is 4.39 Å². The van der Waals surface area contributed by atoms with E-state index >= 15 is 4.39 Å². The van der Waals surface area contributed by atoms with Gasteiger partial charge in [-0.3, -0.25) is 0 Å². The fourth-order valence-electron chi connectivity index (χ4n) is 4.77. The number of halogens is 4. The topological polar surface area (TPSA) is 9.23 Å². The van der Waals surface area contributed by atoms with E-state index in [4.69, 9.17) is 0 Å². The molecule has 0 aromatic heterocycles. The van der Waals surface area contributed by atoms with Gasteiger partial charge in [-0.1, -0.05) is 75.1 Å². The van der Waals surface area contributed by atoms with Gasteiger partial charge in [0.25, 0.3) is 0 Å². The Balaban J connectivity index is 1.42. The van der Waals surface area contributed by atoms with Crippen LogP contribution in [0.3, 0.4) is 0 Å². The SMILES string of the molecule is CCC1CCC(CCc2ccc3c(F)c(C#Cc4ccc(OC(F)(F)F)cc4)ccc3c2)CC1. The summed E-state index contributed by atoms with van der Waals surface area (Å²) in [6, 6.07) is 14.6. The minimum Gasteiger partial charge on any atom is -0.406 e. The summed E-state index contributed by atoms with van der Waals surface area (Å²) in [5.74, 6) is 6.59. The normalized spacial score (nSPS) is 18.4. The van der Waals surface area contributed by atoms with E-state index in [1.807, 2.05) is 18.2 Å². The highest BCUT2D eigenvalue weighted by Crippen LogP contribution is 2.33. The van der Waals surface area contributed by atoms with Crippen molar-refractivity contribution in [3.05, 3.63) is 77.1 Å². The van der Waals surface area contributed by atoms with Gasteiger partial charge in [0.05, 0.1) is 5.56 Å². The summed E-state index contributed by atoms with van der Waals surface area (Å²) in [5.41, 5.74) is 1.95. The van der Waals surface area contributed by atoms with E-state index in [1.54, 1.807) is 6.07 Å². The first-order chi connectivity index (χ1) is 16.3. The predicted molar refractivity (Wildman–Crippen MR) is 127 cm³/mol. The highest BCUT2D eigenvalue weighted by molar-refractivity contribution is 5.85. The number of fused-ring (bicyclic) bond motifs is 1. The Morgan fingerprint density at radius 1 is 0.882 bits per heavy atom. The van der Waals surface area contributed by atoms with Gasteiger partial charge in [-0.2, -0.15) is 0 Å². The molecule has 0 atom stereocenters. The summed E-state index contributed by atoms with van der Waals surface area (Å²) >= 11 is 0. The molecule has 0 saturated heterocycles. The van der Waals surface area contributed by atoms with E-state index in [-0.39, 0.29) is 17.1 Å². The van der Waals surface area contributed by atoms with Gasteiger partial charge in [0.1, 0.15) is 11.6 Å². The second-order valence-corrected chi connectivity index (χ2v) is 9.14. The third-order valence-corrected chi connectivity index (χ3v) is 6.83. The molecule has 0 amide bonds. The lowest BCUT2D eigenvalue weighted by Gasteiger charge is -2.27. The molecular formula is C29H28F4O. The van der Waals surface area contributed by atoms with Crippen LogP contribution in [0.25, 0.3) is 10.8 Å². The lowest BCUT2D eigenvalue weighted by Crippen LogP contribution is -2.16. The highest BCUT2D eigenvalue weighted by Gasteiger charge is 2.30. The molecular weight excluding hydrogens is 440 g/mol. The molecule has 3 aromatic rings. The molecule has 1 fully saturated rings. The zero-order valence-electron chi connectivity index (χ0n) is 19.2. The van der Waals surface area contributed by atoms with E-state index in [1.165, 1.54) is 68.4 Å². The maximum absolute atomic E-state index is 15.1. The number of aryl methyl sites for hydroxylation is 1. The van der Waals surface area contributed by atoms with Crippen LogP contribution < -0.4 is 4.74 Å². The third-order valence-electron chi connectivity index (χ3n) is 6.83. The Bertz CT molecular complexity index is 1180. The van der Waals surface area contributed by atoms with Crippen LogP contribution in [0.1, 0.15) is 62.1 Å². The summed E-state index contributed by atoms with van der Waals surface area (Å²) in [6.07, 6.45) is 4.07. The Kier molecular flexibility index (Phi) is 7.46. The zero-order valence-corrected chi connectivity index (χ0v) is 19.2. The number of hydrogen-bond donors (Lipinski definition) is 0. The quantitative estimate of drug-likeness (QED) is 0.270. The first-order valence-electron chi connectivity index (χ1n) is 11.9. The molecule has 0 N–H and O–H groups in total. The van der Waals surface area contributed by atoms with Crippen LogP contribution in [0.15, 0.2) is 54.6 Å². The molecule has 0 aliphatic heterocycles. The van der Waals surface area contributed by atoms with Crippen molar-refractivity contribution in [1.82, 2.24) is 0 Å². The molecule has 1 aliphatic rings. The van der Waals surface area contributed by atoms with Crippen molar-refractivity contribution in [3.63, 3.8) is 0 Å². The molecule has 4 rings (SSSR count). The molecule has 34 heavy (non-hydrogen) atoms. The number of alkyl halides is 3. The maximum atomic E-state index is 15.1. The maximum Gasteiger partial charge on any atom is 0.573 e. The Morgan fingerprint density at radius 2 is 1.59 bits per heavy atom. The molecule has 0 bridgehead atoms. The molecule has 178 valence electrons. The Labute approximate surface area is 198 Å². The highest BCUT2D eigenvalue weighted by atomic mass is 19.4. The average molecular weight is 469 g/mol. The van der Waals surface area contributed by atoms with E-state index in [9.17, 15) is 13.2 Å². The van der Waals surface area contributed by atoms with E-state index in [0.717, 1.165) is 23.6 Å². The molecule has 0 heterocycles. The van der Waals surface area contributed by atoms with Crippen LogP contribution in [0.4, 0.5) is 17.6 Å². The third kappa shape index (κ3) is 6.32. The van der Waals surface area contributed by atoms with Crippen LogP contribution in [-0.4, -0.2) is 6.36 Å². The van der Waals surface area contributed by atoms with Gasteiger partial charge in [0, 0.05) is 10.9 Å². The van der Waals surface area contributed by atoms with E-state index in [2.05, 4.69) is 29.6 Å². The van der Waals surface area contributed by atoms with Gasteiger partial charge in [-0.05, 0) is 66.0 Å². The molecule has 1 saturated carbocycles. The molecule has 5 heteroatoms. The van der Waals surface area contributed by atoms with E-state index in [0.29, 0.717) is 10.9 Å². The molecule has 1 nitrogen and oxygen atoms in total. The first kappa shape index (κ1) is 24.1. The summed E-state index contributed by atoms with van der Waals surface area (Å²) in [5, 5.41) is 1.37. The van der Waals surface area contributed by atoms with Gasteiger partial charge in [-0.15, -0.1) is 13.2 Å². The van der Waals surface area contributed by atoms with Crippen LogP contribution >= 0.6 is 0 Å². The van der Waals surface area contributed by atoms with Crippen molar-refractivity contribution in [3.8, 4) is 17.6 Å². The summed E-state index contributed by atoms with van der Waals surface area (Å²) < 4.78 is 55.7. The summed E-state index contributed by atoms with van der Waals surface area (Å²) in [4.78, 5) is 0. The van der Waals surface area contributed by atoms with Crippen LogP contribution in [0.2, 0.25) is 0 Å². The van der Waals surface area contributed by atoms with Crippen molar-refractivity contribution < 1.29 is 22.3 Å². The predicted octanol–water partition coefficient (Wildman–Crippen LogP) is 8.43. The van der Waals surface area contributed by atoms with Gasteiger partial charge in [0.2, 0.25) is 0 Å². The van der Waals surface area contributed by atoms with Crippen molar-refractivity contribution in [1.29, 1.82) is 0 Å². The van der Waals surface area contributed by atoms with Crippen LogP contribution in [0.5, 0.6) is 5.75 Å². The molecule has 0 spiro atoms. The summed E-state index contributed by atoms with van der Waals surface area (Å²) in [7, 11) is 0. The fourth-order valence-corrected chi connectivity index (χ4v) is 4.77. The fraction of sp³-hybridized carbons (Fsp3) is 0.379. The number of rotatable bonds is 5. The minimum atomic E-state index is -4.74. The molecule has 3 aromatic carbocycles. The largest absolute Gasteiger partial charge is 0.573 e. The minimum absolute atomic E-state index is 0.253. The second kappa shape index (κ2) is 10.5. The van der Waals surface area contributed by atoms with Crippen LogP contribution in [0, 0.1) is 29.5 Å². The Hall–Kier alpha value is -3.00. The van der Waals surface area contributed by atoms with Gasteiger partial charge in [0.15, 0.2) is 0 Å². The number of hydrogen-bond acceptors (Lipinski definition) is 1. The lowest BCUT2D eigenvalue weighted by atomic mass is 9.78. The van der Waals surface area contributed by atoms with Crippen LogP contribution in [-0.2, 0) is 6.42 Å². The van der Waals surface area contributed by atoms with Crippen molar-refractivity contribution in [2.75, 3.05) is 0 Å². The molecule has 0 radical (unpaired) electrons.